The Morgan fingerprint density at radius 3 is 2.45 bits per heavy atom. The monoisotopic (exact) mass is 323 g/mol. The van der Waals surface area contributed by atoms with Gasteiger partial charge in [-0.3, -0.25) is 0 Å². The molecule has 0 radical (unpaired) electrons. The van der Waals surface area contributed by atoms with Crippen LogP contribution in [0.5, 0.6) is 0 Å². The second kappa shape index (κ2) is 5.49. The zero-order valence-corrected chi connectivity index (χ0v) is 13.2. The highest BCUT2D eigenvalue weighted by Gasteiger charge is 2.32. The molecule has 2 atom stereocenters. The summed E-state index contributed by atoms with van der Waals surface area (Å²) >= 11 is 0. The van der Waals surface area contributed by atoms with Crippen LogP contribution < -0.4 is 5.63 Å². The number of nitrogens with zero attached hydrogens (tertiary/aromatic N) is 1. The summed E-state index contributed by atoms with van der Waals surface area (Å²) in [6, 6.07) is 7.34. The number of hydrogen-bond acceptors (Lipinski definition) is 5. The fourth-order valence-electron chi connectivity index (χ4n) is 2.69. The molecule has 0 unspecified atom stereocenters. The van der Waals surface area contributed by atoms with Gasteiger partial charge in [-0.05, 0) is 38.1 Å². The zero-order chi connectivity index (χ0) is 15.9. The third-order valence-electron chi connectivity index (χ3n) is 3.61. The number of rotatable bonds is 2. The van der Waals surface area contributed by atoms with Crippen LogP contribution in [0, 0.1) is 0 Å². The lowest BCUT2D eigenvalue weighted by atomic mass is 10.2. The molecule has 1 aromatic heterocycles. The molecule has 1 saturated heterocycles. The van der Waals surface area contributed by atoms with Crippen molar-refractivity contribution in [3.63, 3.8) is 0 Å². The summed E-state index contributed by atoms with van der Waals surface area (Å²) in [5.74, 6) is 0. The highest BCUT2D eigenvalue weighted by Crippen LogP contribution is 2.24. The molecular weight excluding hydrogens is 306 g/mol. The van der Waals surface area contributed by atoms with Crippen molar-refractivity contribution in [1.29, 1.82) is 0 Å². The fraction of sp³-hybridized carbons (Fsp3) is 0.400. The Kier molecular flexibility index (Phi) is 3.80. The first kappa shape index (κ1) is 15.2. The summed E-state index contributed by atoms with van der Waals surface area (Å²) in [5.41, 5.74) is -0.0888. The molecule has 1 aliphatic heterocycles. The normalized spacial score (nSPS) is 23.7. The third kappa shape index (κ3) is 2.79. The van der Waals surface area contributed by atoms with E-state index < -0.39 is 15.6 Å². The van der Waals surface area contributed by atoms with Crippen LogP contribution in [0.1, 0.15) is 13.8 Å². The third-order valence-corrected chi connectivity index (χ3v) is 5.44. The summed E-state index contributed by atoms with van der Waals surface area (Å²) < 4.78 is 37.6. The predicted molar refractivity (Wildman–Crippen MR) is 81.3 cm³/mol. The van der Waals surface area contributed by atoms with Crippen molar-refractivity contribution in [1.82, 2.24) is 4.31 Å². The molecule has 118 valence electrons. The number of hydrogen-bond donors (Lipinski definition) is 0. The van der Waals surface area contributed by atoms with Crippen molar-refractivity contribution >= 4 is 21.0 Å². The van der Waals surface area contributed by atoms with Gasteiger partial charge in [0.2, 0.25) is 10.0 Å². The Labute approximate surface area is 128 Å². The molecule has 0 bridgehead atoms. The smallest absolute Gasteiger partial charge is 0.336 e. The van der Waals surface area contributed by atoms with E-state index in [1.54, 1.807) is 6.07 Å². The molecular formula is C15H17NO5S. The van der Waals surface area contributed by atoms with E-state index in [0.717, 1.165) is 0 Å². The summed E-state index contributed by atoms with van der Waals surface area (Å²) in [6.07, 6.45) is -0.283. The van der Waals surface area contributed by atoms with Gasteiger partial charge < -0.3 is 9.15 Å². The Morgan fingerprint density at radius 2 is 1.77 bits per heavy atom. The van der Waals surface area contributed by atoms with Gasteiger partial charge in [0.15, 0.2) is 0 Å². The van der Waals surface area contributed by atoms with E-state index in [9.17, 15) is 13.2 Å². The van der Waals surface area contributed by atoms with Crippen molar-refractivity contribution in [3.05, 3.63) is 40.8 Å². The van der Waals surface area contributed by atoms with E-state index >= 15 is 0 Å². The van der Waals surface area contributed by atoms with E-state index in [4.69, 9.17) is 9.15 Å². The first-order chi connectivity index (χ1) is 10.4. The lowest BCUT2D eigenvalue weighted by Gasteiger charge is -2.34. The van der Waals surface area contributed by atoms with Gasteiger partial charge in [-0.1, -0.05) is 0 Å². The predicted octanol–water partition coefficient (Wildman–Crippen LogP) is 1.59. The minimum atomic E-state index is -3.60. The second-order valence-electron chi connectivity index (χ2n) is 5.53. The number of ether oxygens (including phenoxy) is 1. The first-order valence-corrected chi connectivity index (χ1v) is 8.50. The minimum Gasteiger partial charge on any atom is -0.423 e. The van der Waals surface area contributed by atoms with E-state index in [2.05, 4.69) is 0 Å². The van der Waals surface area contributed by atoms with E-state index in [-0.39, 0.29) is 17.1 Å². The van der Waals surface area contributed by atoms with Crippen molar-refractivity contribution < 1.29 is 17.6 Å². The Bertz CT molecular complexity index is 848. The summed E-state index contributed by atoms with van der Waals surface area (Å²) in [5, 5.41) is 0.579. The van der Waals surface area contributed by atoms with Crippen molar-refractivity contribution in [3.8, 4) is 0 Å². The Balaban J connectivity index is 2.01. The molecule has 3 rings (SSSR count). The molecule has 22 heavy (non-hydrogen) atoms. The zero-order valence-electron chi connectivity index (χ0n) is 12.4. The summed E-state index contributed by atoms with van der Waals surface area (Å²) in [4.78, 5) is 11.4. The minimum absolute atomic E-state index is 0.142. The fourth-order valence-corrected chi connectivity index (χ4v) is 4.31. The van der Waals surface area contributed by atoms with Gasteiger partial charge in [0.1, 0.15) is 5.58 Å². The molecule has 0 saturated carbocycles. The lowest BCUT2D eigenvalue weighted by Crippen LogP contribution is -2.48. The van der Waals surface area contributed by atoms with Crippen LogP contribution in [0.2, 0.25) is 0 Å². The van der Waals surface area contributed by atoms with E-state index in [1.807, 2.05) is 13.8 Å². The highest BCUT2D eigenvalue weighted by molar-refractivity contribution is 7.89. The molecule has 1 aliphatic rings. The molecule has 1 fully saturated rings. The SMILES string of the molecule is C[C@H]1CN(S(=O)(=O)c2ccc3oc(=O)ccc3c2)C[C@H](C)O1. The van der Waals surface area contributed by atoms with E-state index in [0.29, 0.717) is 24.1 Å². The average Bonchev–Trinajstić information content (AvgIpc) is 2.45. The Morgan fingerprint density at radius 1 is 1.09 bits per heavy atom. The number of morpholine rings is 1. The standard InChI is InChI=1S/C15H17NO5S/c1-10-8-16(9-11(2)20-10)22(18,19)13-4-5-14-12(7-13)3-6-15(17)21-14/h3-7,10-11H,8-9H2,1-2H3/t10-,11-/m0/s1. The molecule has 2 heterocycles. The molecule has 1 aromatic carbocycles. The molecule has 7 heteroatoms. The highest BCUT2D eigenvalue weighted by atomic mass is 32.2. The number of benzene rings is 1. The van der Waals surface area contributed by atoms with Gasteiger partial charge in [0, 0.05) is 24.5 Å². The second-order valence-corrected chi connectivity index (χ2v) is 7.47. The maximum Gasteiger partial charge on any atom is 0.336 e. The van der Waals surface area contributed by atoms with Crippen LogP contribution in [0.15, 0.2) is 44.4 Å². The van der Waals surface area contributed by atoms with Crippen LogP contribution in [-0.2, 0) is 14.8 Å². The van der Waals surface area contributed by atoms with Crippen molar-refractivity contribution in [2.75, 3.05) is 13.1 Å². The summed E-state index contributed by atoms with van der Waals surface area (Å²) in [7, 11) is -3.60. The van der Waals surface area contributed by atoms with Gasteiger partial charge in [-0.25, -0.2) is 13.2 Å². The Hall–Kier alpha value is -1.70. The van der Waals surface area contributed by atoms with Crippen LogP contribution >= 0.6 is 0 Å². The largest absolute Gasteiger partial charge is 0.423 e. The molecule has 0 spiro atoms. The maximum atomic E-state index is 12.8. The molecule has 6 nitrogen and oxygen atoms in total. The lowest BCUT2D eigenvalue weighted by molar-refractivity contribution is -0.0440. The van der Waals surface area contributed by atoms with Gasteiger partial charge >= 0.3 is 5.63 Å². The van der Waals surface area contributed by atoms with Crippen LogP contribution in [-0.4, -0.2) is 38.0 Å². The molecule has 0 amide bonds. The van der Waals surface area contributed by atoms with Gasteiger partial charge in [-0.15, -0.1) is 0 Å². The maximum absolute atomic E-state index is 12.8. The molecule has 2 aromatic rings. The summed E-state index contributed by atoms with van der Waals surface area (Å²) in [6.45, 7) is 4.36. The van der Waals surface area contributed by atoms with Gasteiger partial charge in [-0.2, -0.15) is 4.31 Å². The van der Waals surface area contributed by atoms with Crippen molar-refractivity contribution in [2.45, 2.75) is 31.0 Å². The quantitative estimate of drug-likeness (QED) is 0.785. The van der Waals surface area contributed by atoms with Crippen LogP contribution in [0.4, 0.5) is 0 Å². The average molecular weight is 323 g/mol. The molecule has 0 aliphatic carbocycles. The van der Waals surface area contributed by atoms with Gasteiger partial charge in [0.05, 0.1) is 17.1 Å². The number of fused-ring (bicyclic) bond motifs is 1. The first-order valence-electron chi connectivity index (χ1n) is 7.06. The molecule has 0 N–H and O–H groups in total. The van der Waals surface area contributed by atoms with Crippen LogP contribution in [0.25, 0.3) is 11.0 Å². The number of sulfonamides is 1. The van der Waals surface area contributed by atoms with E-state index in [1.165, 1.54) is 28.6 Å². The van der Waals surface area contributed by atoms with Crippen LogP contribution in [0.3, 0.4) is 0 Å². The van der Waals surface area contributed by atoms with Gasteiger partial charge in [0.25, 0.3) is 0 Å². The van der Waals surface area contributed by atoms with Crippen molar-refractivity contribution in [2.24, 2.45) is 0 Å². The topological polar surface area (TPSA) is 76.8 Å².